The molecule has 5 heteroatoms. The third-order valence-electron chi connectivity index (χ3n) is 4.05. The monoisotopic (exact) mass is 236 g/mol. The van der Waals surface area contributed by atoms with Gasteiger partial charge in [0.1, 0.15) is 5.82 Å². The summed E-state index contributed by atoms with van der Waals surface area (Å²) in [5.74, 6) is 1.71. The number of rotatable bonds is 1. The average molecular weight is 236 g/mol. The normalized spacial score (nSPS) is 31.9. The van der Waals surface area contributed by atoms with Crippen molar-refractivity contribution in [3.8, 4) is 0 Å². The molecule has 2 aliphatic rings. The molecule has 1 aromatic rings. The smallest absolute Gasteiger partial charge is 0.183 e. The summed E-state index contributed by atoms with van der Waals surface area (Å²) in [5, 5.41) is 0. The molecule has 4 nitrogen and oxygen atoms in total. The third kappa shape index (κ3) is 1.78. The van der Waals surface area contributed by atoms with Gasteiger partial charge >= 0.3 is 0 Å². The second kappa shape index (κ2) is 3.91. The number of hydrogen-bond acceptors (Lipinski definition) is 4. The molecular formula is C12H17FN4. The lowest BCUT2D eigenvalue weighted by Crippen LogP contribution is -2.49. The molecule has 2 N–H and O–H groups in total. The number of anilines is 1. The highest BCUT2D eigenvalue weighted by atomic mass is 19.1. The van der Waals surface area contributed by atoms with E-state index in [1.165, 1.54) is 6.20 Å². The zero-order valence-corrected chi connectivity index (χ0v) is 9.93. The minimum Gasteiger partial charge on any atom is -0.353 e. The van der Waals surface area contributed by atoms with Gasteiger partial charge < -0.3 is 10.6 Å². The summed E-state index contributed by atoms with van der Waals surface area (Å²) >= 11 is 0. The van der Waals surface area contributed by atoms with E-state index in [9.17, 15) is 4.39 Å². The van der Waals surface area contributed by atoms with Crippen molar-refractivity contribution < 1.29 is 4.39 Å². The van der Waals surface area contributed by atoms with Crippen LogP contribution in [0.25, 0.3) is 0 Å². The van der Waals surface area contributed by atoms with Crippen molar-refractivity contribution in [3.63, 3.8) is 0 Å². The van der Waals surface area contributed by atoms with Gasteiger partial charge in [-0.05, 0) is 31.6 Å². The molecule has 2 heterocycles. The first-order valence-electron chi connectivity index (χ1n) is 6.15. The summed E-state index contributed by atoms with van der Waals surface area (Å²) in [6, 6.07) is 0.289. The van der Waals surface area contributed by atoms with Gasteiger partial charge in [0, 0.05) is 19.1 Å². The molecule has 1 aliphatic carbocycles. The molecule has 1 aliphatic heterocycles. The van der Waals surface area contributed by atoms with Gasteiger partial charge in [0.15, 0.2) is 11.6 Å². The van der Waals surface area contributed by atoms with E-state index in [0.717, 1.165) is 25.9 Å². The van der Waals surface area contributed by atoms with Crippen molar-refractivity contribution in [2.75, 3.05) is 18.0 Å². The van der Waals surface area contributed by atoms with Crippen LogP contribution in [0, 0.1) is 24.6 Å². The number of aromatic nitrogens is 2. The first-order valence-corrected chi connectivity index (χ1v) is 6.15. The SMILES string of the molecule is Cc1ncc(F)c(N2CC3CC[C@@H](C2)C3N)n1. The molecular weight excluding hydrogens is 219 g/mol. The summed E-state index contributed by atoms with van der Waals surface area (Å²) in [6.45, 7) is 3.43. The van der Waals surface area contributed by atoms with Crippen LogP contribution in [0.2, 0.25) is 0 Å². The Morgan fingerprint density at radius 3 is 2.65 bits per heavy atom. The Hall–Kier alpha value is -1.23. The van der Waals surface area contributed by atoms with Gasteiger partial charge in [-0.1, -0.05) is 0 Å². The fourth-order valence-corrected chi connectivity index (χ4v) is 3.10. The third-order valence-corrected chi connectivity index (χ3v) is 4.05. The van der Waals surface area contributed by atoms with Crippen LogP contribution in [-0.4, -0.2) is 29.1 Å². The van der Waals surface area contributed by atoms with E-state index in [-0.39, 0.29) is 11.9 Å². The van der Waals surface area contributed by atoms with Crippen molar-refractivity contribution in [3.05, 3.63) is 17.8 Å². The molecule has 17 heavy (non-hydrogen) atoms. The van der Waals surface area contributed by atoms with Crippen LogP contribution in [0.3, 0.4) is 0 Å². The van der Waals surface area contributed by atoms with Gasteiger partial charge in [0.25, 0.3) is 0 Å². The first kappa shape index (κ1) is 10.9. The Balaban J connectivity index is 1.88. The average Bonchev–Trinajstić information content (AvgIpc) is 2.55. The Kier molecular flexibility index (Phi) is 2.50. The predicted octanol–water partition coefficient (Wildman–Crippen LogP) is 1.10. The van der Waals surface area contributed by atoms with Gasteiger partial charge in [0.05, 0.1) is 6.20 Å². The van der Waals surface area contributed by atoms with Crippen LogP contribution in [0.4, 0.5) is 10.2 Å². The summed E-state index contributed by atoms with van der Waals surface area (Å²) < 4.78 is 13.7. The van der Waals surface area contributed by atoms with Gasteiger partial charge in [-0.3, -0.25) is 0 Å². The van der Waals surface area contributed by atoms with Crippen LogP contribution < -0.4 is 10.6 Å². The topological polar surface area (TPSA) is 55.0 Å². The molecule has 0 aromatic carbocycles. The van der Waals surface area contributed by atoms with Crippen LogP contribution in [0.5, 0.6) is 0 Å². The van der Waals surface area contributed by atoms with E-state index < -0.39 is 0 Å². The van der Waals surface area contributed by atoms with Crippen molar-refractivity contribution in [2.24, 2.45) is 17.6 Å². The highest BCUT2D eigenvalue weighted by Crippen LogP contribution is 2.37. The quantitative estimate of drug-likeness (QED) is 0.793. The van der Waals surface area contributed by atoms with E-state index in [0.29, 0.717) is 23.5 Å². The predicted molar refractivity (Wildman–Crippen MR) is 63.1 cm³/mol. The Bertz CT molecular complexity index is 423. The molecule has 0 radical (unpaired) electrons. The molecule has 92 valence electrons. The van der Waals surface area contributed by atoms with Crippen molar-refractivity contribution >= 4 is 5.82 Å². The summed E-state index contributed by atoms with van der Waals surface area (Å²) in [6.07, 6.45) is 3.58. The number of fused-ring (bicyclic) bond motifs is 2. The van der Waals surface area contributed by atoms with E-state index in [4.69, 9.17) is 5.73 Å². The maximum atomic E-state index is 13.7. The highest BCUT2D eigenvalue weighted by molar-refractivity contribution is 5.40. The lowest BCUT2D eigenvalue weighted by atomic mass is 9.93. The standard InChI is InChI=1S/C12H17FN4/c1-7-15-4-10(13)12(16-7)17-5-8-2-3-9(6-17)11(8)14/h4,8-9,11H,2-3,5-6,14H2,1H3/t8-,9?,11?/m0/s1. The molecule has 3 atom stereocenters. The number of piperidine rings is 1. The fourth-order valence-electron chi connectivity index (χ4n) is 3.10. The molecule has 2 bridgehead atoms. The van der Waals surface area contributed by atoms with Crippen LogP contribution in [-0.2, 0) is 0 Å². The molecule has 2 unspecified atom stereocenters. The van der Waals surface area contributed by atoms with Crippen molar-refractivity contribution in [1.29, 1.82) is 0 Å². The van der Waals surface area contributed by atoms with E-state index in [1.54, 1.807) is 6.92 Å². The van der Waals surface area contributed by atoms with Gasteiger partial charge in [-0.25, -0.2) is 14.4 Å². The van der Waals surface area contributed by atoms with E-state index in [1.807, 2.05) is 4.90 Å². The largest absolute Gasteiger partial charge is 0.353 e. The highest BCUT2D eigenvalue weighted by Gasteiger charge is 2.40. The summed E-state index contributed by atoms with van der Waals surface area (Å²) in [5.41, 5.74) is 6.14. The summed E-state index contributed by atoms with van der Waals surface area (Å²) in [4.78, 5) is 10.1. The minimum absolute atomic E-state index is 0.289. The van der Waals surface area contributed by atoms with Crippen LogP contribution in [0.15, 0.2) is 6.20 Å². The Morgan fingerprint density at radius 2 is 2.00 bits per heavy atom. The molecule has 0 amide bonds. The fraction of sp³-hybridized carbons (Fsp3) is 0.667. The number of halogens is 1. The minimum atomic E-state index is -0.328. The molecule has 1 saturated heterocycles. The lowest BCUT2D eigenvalue weighted by molar-refractivity contribution is 0.352. The lowest BCUT2D eigenvalue weighted by Gasteiger charge is -2.36. The number of nitrogens with two attached hydrogens (primary N) is 1. The molecule has 0 spiro atoms. The van der Waals surface area contributed by atoms with E-state index >= 15 is 0 Å². The maximum absolute atomic E-state index is 13.7. The first-order chi connectivity index (χ1) is 8.15. The number of aryl methyl sites for hydroxylation is 1. The van der Waals surface area contributed by atoms with Gasteiger partial charge in [0.2, 0.25) is 0 Å². The van der Waals surface area contributed by atoms with E-state index in [2.05, 4.69) is 9.97 Å². The maximum Gasteiger partial charge on any atom is 0.183 e. The Morgan fingerprint density at radius 1 is 1.35 bits per heavy atom. The number of nitrogens with zero attached hydrogens (tertiary/aromatic N) is 3. The second-order valence-electron chi connectivity index (χ2n) is 5.17. The zero-order chi connectivity index (χ0) is 12.0. The van der Waals surface area contributed by atoms with Crippen LogP contribution >= 0.6 is 0 Å². The molecule has 1 aromatic heterocycles. The van der Waals surface area contributed by atoms with Crippen molar-refractivity contribution in [1.82, 2.24) is 9.97 Å². The van der Waals surface area contributed by atoms with Gasteiger partial charge in [-0.2, -0.15) is 0 Å². The molecule has 1 saturated carbocycles. The Labute approximate surface area is 100 Å². The molecule has 2 fully saturated rings. The van der Waals surface area contributed by atoms with Crippen molar-refractivity contribution in [2.45, 2.75) is 25.8 Å². The zero-order valence-electron chi connectivity index (χ0n) is 9.93. The summed E-state index contributed by atoms with van der Waals surface area (Å²) in [7, 11) is 0. The number of hydrogen-bond donors (Lipinski definition) is 1. The molecule has 3 rings (SSSR count). The van der Waals surface area contributed by atoms with Gasteiger partial charge in [-0.15, -0.1) is 0 Å². The van der Waals surface area contributed by atoms with Crippen LogP contribution in [0.1, 0.15) is 18.7 Å². The second-order valence-corrected chi connectivity index (χ2v) is 5.17.